The highest BCUT2D eigenvalue weighted by Crippen LogP contribution is 2.00. The van der Waals surface area contributed by atoms with E-state index in [1.807, 2.05) is 0 Å². The Hall–Kier alpha value is -1.02. The van der Waals surface area contributed by atoms with Crippen molar-refractivity contribution >= 4 is 0 Å². The first kappa shape index (κ1) is 9.98. The maximum absolute atomic E-state index is 8.60. The molecule has 0 radical (unpaired) electrons. The number of aliphatic hydroxyl groups excluding tert-OH is 1. The molecule has 1 N–H and O–H groups in total. The van der Waals surface area contributed by atoms with Gasteiger partial charge in [-0.2, -0.15) is 0 Å². The minimum Gasteiger partial charge on any atom is -0.489 e. The predicted molar refractivity (Wildman–Crippen MR) is 46.1 cm³/mol. The van der Waals surface area contributed by atoms with E-state index in [-0.39, 0.29) is 12.7 Å². The fourth-order valence-electron chi connectivity index (χ4n) is 0.510. The second kappa shape index (κ2) is 5.74. The summed E-state index contributed by atoms with van der Waals surface area (Å²) in [6.45, 7) is 8.88. The number of hydrogen-bond acceptors (Lipinski definition) is 2. The number of ether oxygens (including phenoxy) is 1. The predicted octanol–water partition coefficient (Wildman–Crippen LogP) is 1.64. The summed E-state index contributed by atoms with van der Waals surface area (Å²) in [5.74, 6) is 0.534. The molecule has 0 amide bonds. The minimum absolute atomic E-state index is 0.000942. The zero-order chi connectivity index (χ0) is 8.69. The first-order valence-corrected chi connectivity index (χ1v) is 3.46. The zero-order valence-corrected chi connectivity index (χ0v) is 6.79. The van der Waals surface area contributed by atoms with E-state index >= 15 is 0 Å². The van der Waals surface area contributed by atoms with Gasteiger partial charge in [-0.15, -0.1) is 0 Å². The van der Waals surface area contributed by atoms with Crippen LogP contribution in [0.5, 0.6) is 0 Å². The van der Waals surface area contributed by atoms with E-state index in [1.54, 1.807) is 25.2 Å². The van der Waals surface area contributed by atoms with Crippen molar-refractivity contribution in [2.75, 3.05) is 6.61 Å². The van der Waals surface area contributed by atoms with Crippen LogP contribution in [-0.2, 0) is 4.74 Å². The molecule has 2 heteroatoms. The van der Waals surface area contributed by atoms with Gasteiger partial charge < -0.3 is 9.84 Å². The van der Waals surface area contributed by atoms with Gasteiger partial charge in [0.05, 0.1) is 6.61 Å². The van der Waals surface area contributed by atoms with E-state index in [2.05, 4.69) is 13.2 Å². The fraction of sp³-hybridized carbons (Fsp3) is 0.333. The largest absolute Gasteiger partial charge is 0.489 e. The van der Waals surface area contributed by atoms with Crippen LogP contribution < -0.4 is 0 Å². The summed E-state index contributed by atoms with van der Waals surface area (Å²) in [5, 5.41) is 8.60. The molecule has 0 saturated heterocycles. The summed E-state index contributed by atoms with van der Waals surface area (Å²) in [6, 6.07) is 0. The zero-order valence-electron chi connectivity index (χ0n) is 6.79. The Morgan fingerprint density at radius 2 is 2.36 bits per heavy atom. The van der Waals surface area contributed by atoms with Crippen molar-refractivity contribution in [3.63, 3.8) is 0 Å². The van der Waals surface area contributed by atoms with Gasteiger partial charge in [0.25, 0.3) is 0 Å². The second-order valence-electron chi connectivity index (χ2n) is 2.17. The maximum Gasteiger partial charge on any atom is 0.119 e. The Balaban J connectivity index is 3.68. The van der Waals surface area contributed by atoms with E-state index in [0.717, 1.165) is 0 Å². The van der Waals surface area contributed by atoms with E-state index in [9.17, 15) is 0 Å². The minimum atomic E-state index is -0.197. The summed E-state index contributed by atoms with van der Waals surface area (Å²) in [5.41, 5.74) is 0. The molecule has 2 nitrogen and oxygen atoms in total. The van der Waals surface area contributed by atoms with Crippen LogP contribution >= 0.6 is 0 Å². The number of hydrogen-bond donors (Lipinski definition) is 1. The van der Waals surface area contributed by atoms with Crippen LogP contribution in [-0.4, -0.2) is 17.8 Å². The van der Waals surface area contributed by atoms with Crippen LogP contribution in [0.15, 0.2) is 37.1 Å². The topological polar surface area (TPSA) is 29.5 Å². The summed E-state index contributed by atoms with van der Waals surface area (Å²) < 4.78 is 5.12. The quantitative estimate of drug-likeness (QED) is 0.482. The molecule has 0 aromatic rings. The Labute approximate surface area is 67.5 Å². The van der Waals surface area contributed by atoms with Crippen molar-refractivity contribution in [1.29, 1.82) is 0 Å². The molecule has 11 heavy (non-hydrogen) atoms. The summed E-state index contributed by atoms with van der Waals surface area (Å²) >= 11 is 0. The van der Waals surface area contributed by atoms with E-state index < -0.39 is 0 Å². The smallest absolute Gasteiger partial charge is 0.119 e. The third kappa shape index (κ3) is 5.43. The van der Waals surface area contributed by atoms with Gasteiger partial charge in [0, 0.05) is 0 Å². The molecule has 0 spiro atoms. The Morgan fingerprint density at radius 1 is 1.73 bits per heavy atom. The summed E-state index contributed by atoms with van der Waals surface area (Å²) in [4.78, 5) is 0. The molecule has 0 heterocycles. The molecule has 0 unspecified atom stereocenters. The van der Waals surface area contributed by atoms with Gasteiger partial charge in [-0.05, 0) is 13.0 Å². The standard InChI is InChI=1S/C9H14O2/c1-4-5-6-8(2)11-9(3)7-10/h4-6,9-10H,1-2,7H2,3H3/b6-5-/t9-/m1/s1. The van der Waals surface area contributed by atoms with Gasteiger partial charge in [0.1, 0.15) is 11.9 Å². The van der Waals surface area contributed by atoms with Gasteiger partial charge in [-0.3, -0.25) is 0 Å². The fourth-order valence-corrected chi connectivity index (χ4v) is 0.510. The Kier molecular flexibility index (Phi) is 5.21. The molecule has 0 aliphatic carbocycles. The molecule has 0 aliphatic heterocycles. The number of aliphatic hydroxyl groups is 1. The number of rotatable bonds is 5. The van der Waals surface area contributed by atoms with Gasteiger partial charge in [0.2, 0.25) is 0 Å². The lowest BCUT2D eigenvalue weighted by molar-refractivity contribution is 0.0792. The van der Waals surface area contributed by atoms with Crippen molar-refractivity contribution in [1.82, 2.24) is 0 Å². The molecule has 1 atom stereocenters. The third-order valence-electron chi connectivity index (χ3n) is 1.03. The Bertz CT molecular complexity index is 159. The van der Waals surface area contributed by atoms with Gasteiger partial charge in [0.15, 0.2) is 0 Å². The van der Waals surface area contributed by atoms with Crippen LogP contribution in [0.2, 0.25) is 0 Å². The Morgan fingerprint density at radius 3 is 2.82 bits per heavy atom. The normalized spacial score (nSPS) is 12.9. The van der Waals surface area contributed by atoms with Gasteiger partial charge in [-0.25, -0.2) is 0 Å². The molecule has 0 bridgehead atoms. The van der Waals surface area contributed by atoms with Crippen molar-refractivity contribution in [3.8, 4) is 0 Å². The summed E-state index contributed by atoms with van der Waals surface area (Å²) in [6.07, 6.45) is 4.86. The first-order valence-electron chi connectivity index (χ1n) is 3.46. The van der Waals surface area contributed by atoms with Crippen LogP contribution in [0.3, 0.4) is 0 Å². The average molecular weight is 154 g/mol. The molecule has 0 fully saturated rings. The third-order valence-corrected chi connectivity index (χ3v) is 1.03. The van der Waals surface area contributed by atoms with Crippen molar-refractivity contribution in [2.45, 2.75) is 13.0 Å². The van der Waals surface area contributed by atoms with E-state index in [0.29, 0.717) is 5.76 Å². The van der Waals surface area contributed by atoms with Crippen LogP contribution in [0.4, 0.5) is 0 Å². The summed E-state index contributed by atoms with van der Waals surface area (Å²) in [7, 11) is 0. The highest BCUT2D eigenvalue weighted by molar-refractivity contribution is 5.12. The molecular weight excluding hydrogens is 140 g/mol. The molecule has 0 aliphatic rings. The van der Waals surface area contributed by atoms with Gasteiger partial charge >= 0.3 is 0 Å². The monoisotopic (exact) mass is 154 g/mol. The molecular formula is C9H14O2. The molecule has 0 aromatic heterocycles. The molecule has 0 aromatic carbocycles. The number of allylic oxidation sites excluding steroid dienone is 3. The van der Waals surface area contributed by atoms with Crippen molar-refractivity contribution in [2.24, 2.45) is 0 Å². The molecule has 0 rings (SSSR count). The maximum atomic E-state index is 8.60. The van der Waals surface area contributed by atoms with E-state index in [1.165, 1.54) is 0 Å². The highest BCUT2D eigenvalue weighted by Gasteiger charge is 1.98. The van der Waals surface area contributed by atoms with Crippen LogP contribution in [0.1, 0.15) is 6.92 Å². The first-order chi connectivity index (χ1) is 5.20. The average Bonchev–Trinajstić information content (AvgIpc) is 2.00. The van der Waals surface area contributed by atoms with Crippen molar-refractivity contribution < 1.29 is 9.84 Å². The van der Waals surface area contributed by atoms with Crippen LogP contribution in [0.25, 0.3) is 0 Å². The van der Waals surface area contributed by atoms with Crippen molar-refractivity contribution in [3.05, 3.63) is 37.1 Å². The lowest BCUT2D eigenvalue weighted by Gasteiger charge is -2.10. The molecule has 0 saturated carbocycles. The van der Waals surface area contributed by atoms with E-state index in [4.69, 9.17) is 9.84 Å². The van der Waals surface area contributed by atoms with Crippen LogP contribution in [0, 0.1) is 0 Å². The second-order valence-corrected chi connectivity index (χ2v) is 2.17. The highest BCUT2D eigenvalue weighted by atomic mass is 16.5. The SMILES string of the molecule is C=C/C=C\C(=C)O[C@H](C)CO. The lowest BCUT2D eigenvalue weighted by atomic mass is 10.4. The molecule has 62 valence electrons. The van der Waals surface area contributed by atoms with Gasteiger partial charge in [-0.1, -0.05) is 25.3 Å². The lowest BCUT2D eigenvalue weighted by Crippen LogP contribution is -2.11.